The summed E-state index contributed by atoms with van der Waals surface area (Å²) in [4.78, 5) is 9.53. The monoisotopic (exact) mass is 338 g/mol. The number of aliphatic hydroxyl groups excluding tert-OH is 2. The van der Waals surface area contributed by atoms with Crippen LogP contribution in [0.15, 0.2) is 23.1 Å². The van der Waals surface area contributed by atoms with Crippen molar-refractivity contribution in [1.82, 2.24) is 4.72 Å². The third-order valence-electron chi connectivity index (χ3n) is 3.05. The van der Waals surface area contributed by atoms with Crippen LogP contribution in [-0.4, -0.2) is 42.3 Å². The number of nitrogens with zero attached hydrogens (tertiary/aromatic N) is 1. The molecule has 10 heteroatoms. The largest absolute Gasteiger partial charge is 0.394 e. The molecule has 0 aliphatic rings. The Morgan fingerprint density at radius 2 is 1.95 bits per heavy atom. The zero-order valence-electron chi connectivity index (χ0n) is 11.1. The molecule has 0 aromatic heterocycles. The molecule has 0 heterocycles. The van der Waals surface area contributed by atoms with Crippen molar-refractivity contribution >= 4 is 27.3 Å². The molecule has 0 saturated carbocycles. The summed E-state index contributed by atoms with van der Waals surface area (Å²) in [6, 6.07) is 2.92. The number of hydrogen-bond donors (Lipinski definition) is 3. The standard InChI is InChI=1S/C11H15ClN2O6S/c1-2-11(6-15,7-16)13-21(19,20)10-4-3-8(14(17)18)5-9(10)12/h3-5,13,15-16H,2,6-7H2,1H3. The second kappa shape index (κ2) is 6.67. The van der Waals surface area contributed by atoms with Crippen molar-refractivity contribution in [3.63, 3.8) is 0 Å². The molecule has 0 bridgehead atoms. The minimum absolute atomic E-state index is 0.143. The smallest absolute Gasteiger partial charge is 0.271 e. The van der Waals surface area contributed by atoms with Crippen LogP contribution < -0.4 is 4.72 Å². The van der Waals surface area contributed by atoms with Gasteiger partial charge in [0.15, 0.2) is 0 Å². The Bertz CT molecular complexity index is 621. The fraction of sp³-hybridized carbons (Fsp3) is 0.455. The van der Waals surface area contributed by atoms with E-state index >= 15 is 0 Å². The summed E-state index contributed by atoms with van der Waals surface area (Å²) in [5, 5.41) is 28.8. The third-order valence-corrected chi connectivity index (χ3v) is 5.11. The van der Waals surface area contributed by atoms with Gasteiger partial charge in [-0.3, -0.25) is 10.1 Å². The molecule has 0 spiro atoms. The number of sulfonamides is 1. The van der Waals surface area contributed by atoms with E-state index in [1.54, 1.807) is 6.92 Å². The Kier molecular flexibility index (Phi) is 5.65. The molecule has 21 heavy (non-hydrogen) atoms. The van der Waals surface area contributed by atoms with Gasteiger partial charge in [0.25, 0.3) is 5.69 Å². The average molecular weight is 339 g/mol. The molecule has 1 aromatic rings. The Hall–Kier alpha value is -1.26. The van der Waals surface area contributed by atoms with Gasteiger partial charge in [0.1, 0.15) is 4.90 Å². The first-order chi connectivity index (χ1) is 9.71. The molecular formula is C11H15ClN2O6S. The Morgan fingerprint density at radius 1 is 1.38 bits per heavy atom. The molecular weight excluding hydrogens is 324 g/mol. The van der Waals surface area contributed by atoms with Crippen molar-refractivity contribution in [1.29, 1.82) is 0 Å². The van der Waals surface area contributed by atoms with E-state index in [9.17, 15) is 28.7 Å². The predicted molar refractivity (Wildman–Crippen MR) is 75.6 cm³/mol. The molecule has 0 unspecified atom stereocenters. The van der Waals surface area contributed by atoms with Crippen molar-refractivity contribution in [2.45, 2.75) is 23.8 Å². The van der Waals surface area contributed by atoms with Crippen LogP contribution in [-0.2, 0) is 10.0 Å². The maximum atomic E-state index is 12.2. The minimum Gasteiger partial charge on any atom is -0.394 e. The van der Waals surface area contributed by atoms with Crippen LogP contribution in [0.25, 0.3) is 0 Å². The van der Waals surface area contributed by atoms with E-state index in [4.69, 9.17) is 11.6 Å². The number of benzene rings is 1. The molecule has 0 aliphatic carbocycles. The lowest BCUT2D eigenvalue weighted by Crippen LogP contribution is -2.53. The van der Waals surface area contributed by atoms with Gasteiger partial charge in [0.2, 0.25) is 10.0 Å². The molecule has 0 radical (unpaired) electrons. The highest BCUT2D eigenvalue weighted by molar-refractivity contribution is 7.89. The fourth-order valence-corrected chi connectivity index (χ4v) is 3.57. The van der Waals surface area contributed by atoms with Gasteiger partial charge in [-0.05, 0) is 12.5 Å². The molecule has 118 valence electrons. The second-order valence-corrected chi connectivity index (χ2v) is 6.49. The van der Waals surface area contributed by atoms with E-state index in [-0.39, 0.29) is 22.0 Å². The molecule has 8 nitrogen and oxygen atoms in total. The van der Waals surface area contributed by atoms with Gasteiger partial charge < -0.3 is 10.2 Å². The minimum atomic E-state index is -4.15. The van der Waals surface area contributed by atoms with Crippen molar-refractivity contribution < 1.29 is 23.6 Å². The van der Waals surface area contributed by atoms with Crippen LogP contribution >= 0.6 is 11.6 Å². The predicted octanol–water partition coefficient (Wildman–Crippen LogP) is 0.660. The fourth-order valence-electron chi connectivity index (χ4n) is 1.57. The summed E-state index contributed by atoms with van der Waals surface area (Å²) in [5.74, 6) is 0. The maximum absolute atomic E-state index is 12.2. The lowest BCUT2D eigenvalue weighted by molar-refractivity contribution is -0.384. The van der Waals surface area contributed by atoms with E-state index in [1.807, 2.05) is 0 Å². The SMILES string of the molecule is CCC(CO)(CO)NS(=O)(=O)c1ccc([N+](=O)[O-])cc1Cl. The number of aliphatic hydroxyl groups is 2. The zero-order valence-corrected chi connectivity index (χ0v) is 12.7. The first kappa shape index (κ1) is 17.8. The van der Waals surface area contributed by atoms with Crippen molar-refractivity contribution in [3.05, 3.63) is 33.3 Å². The first-order valence-electron chi connectivity index (χ1n) is 5.91. The lowest BCUT2D eigenvalue weighted by atomic mass is 10.0. The number of halogens is 1. The Balaban J connectivity index is 3.23. The van der Waals surface area contributed by atoms with Gasteiger partial charge in [-0.25, -0.2) is 13.1 Å². The second-order valence-electron chi connectivity index (χ2n) is 4.43. The summed E-state index contributed by atoms with van der Waals surface area (Å²) < 4.78 is 26.7. The van der Waals surface area contributed by atoms with E-state index in [0.717, 1.165) is 18.2 Å². The quantitative estimate of drug-likeness (QED) is 0.494. The zero-order chi connectivity index (χ0) is 16.3. The van der Waals surface area contributed by atoms with Crippen molar-refractivity contribution in [2.24, 2.45) is 0 Å². The molecule has 1 rings (SSSR count). The maximum Gasteiger partial charge on any atom is 0.271 e. The average Bonchev–Trinajstić information content (AvgIpc) is 2.44. The van der Waals surface area contributed by atoms with E-state index in [2.05, 4.69) is 4.72 Å². The topological polar surface area (TPSA) is 130 Å². The number of rotatable bonds is 7. The summed E-state index contributed by atoms with van der Waals surface area (Å²) >= 11 is 5.77. The first-order valence-corrected chi connectivity index (χ1v) is 7.77. The summed E-state index contributed by atoms with van der Waals surface area (Å²) in [5.41, 5.74) is -1.77. The highest BCUT2D eigenvalue weighted by Crippen LogP contribution is 2.27. The van der Waals surface area contributed by atoms with Crippen LogP contribution in [0.1, 0.15) is 13.3 Å². The highest BCUT2D eigenvalue weighted by atomic mass is 35.5. The van der Waals surface area contributed by atoms with Gasteiger partial charge in [-0.2, -0.15) is 0 Å². The van der Waals surface area contributed by atoms with Crippen LogP contribution in [0.3, 0.4) is 0 Å². The third kappa shape index (κ3) is 3.89. The summed E-state index contributed by atoms with van der Waals surface area (Å²) in [6.07, 6.45) is 0.143. The normalized spacial score (nSPS) is 12.4. The summed E-state index contributed by atoms with van der Waals surface area (Å²) in [7, 11) is -4.15. The number of nitro benzene ring substituents is 1. The van der Waals surface area contributed by atoms with Gasteiger partial charge in [0, 0.05) is 12.1 Å². The Labute approximate surface area is 126 Å². The molecule has 0 amide bonds. The molecule has 0 saturated heterocycles. The summed E-state index contributed by atoms with van der Waals surface area (Å²) in [6.45, 7) is 0.375. The van der Waals surface area contributed by atoms with E-state index < -0.39 is 33.7 Å². The molecule has 3 N–H and O–H groups in total. The lowest BCUT2D eigenvalue weighted by Gasteiger charge is -2.29. The highest BCUT2D eigenvalue weighted by Gasteiger charge is 2.33. The van der Waals surface area contributed by atoms with Crippen LogP contribution in [0.2, 0.25) is 5.02 Å². The van der Waals surface area contributed by atoms with Crippen LogP contribution in [0, 0.1) is 10.1 Å². The van der Waals surface area contributed by atoms with E-state index in [0.29, 0.717) is 0 Å². The number of hydrogen-bond acceptors (Lipinski definition) is 6. The molecule has 0 aliphatic heterocycles. The Morgan fingerprint density at radius 3 is 2.33 bits per heavy atom. The van der Waals surface area contributed by atoms with Crippen LogP contribution in [0.4, 0.5) is 5.69 Å². The van der Waals surface area contributed by atoms with Gasteiger partial charge in [-0.15, -0.1) is 0 Å². The van der Waals surface area contributed by atoms with Crippen LogP contribution in [0.5, 0.6) is 0 Å². The molecule has 0 fully saturated rings. The van der Waals surface area contributed by atoms with E-state index in [1.165, 1.54) is 0 Å². The molecule has 0 atom stereocenters. The van der Waals surface area contributed by atoms with Gasteiger partial charge in [-0.1, -0.05) is 18.5 Å². The van der Waals surface area contributed by atoms with Crippen molar-refractivity contribution in [3.8, 4) is 0 Å². The van der Waals surface area contributed by atoms with Crippen molar-refractivity contribution in [2.75, 3.05) is 13.2 Å². The van der Waals surface area contributed by atoms with Gasteiger partial charge in [0.05, 0.1) is 28.7 Å². The number of nitrogens with one attached hydrogen (secondary N) is 1. The molecule has 1 aromatic carbocycles. The number of non-ortho nitro benzene ring substituents is 1. The van der Waals surface area contributed by atoms with Gasteiger partial charge >= 0.3 is 0 Å². The number of nitro groups is 1.